The van der Waals surface area contributed by atoms with Gasteiger partial charge in [0, 0.05) is 0 Å². The number of fused-ring (bicyclic) bond motifs is 2. The molecule has 4 rings (SSSR count). The van der Waals surface area contributed by atoms with E-state index in [4.69, 9.17) is 0 Å². The topological polar surface area (TPSA) is 0 Å². The van der Waals surface area contributed by atoms with E-state index in [0.29, 0.717) is 10.8 Å². The molecule has 0 saturated heterocycles. The first-order chi connectivity index (χ1) is 11.9. The lowest BCUT2D eigenvalue weighted by molar-refractivity contribution is 0.0592. The molecule has 2 aromatic carbocycles. The highest BCUT2D eigenvalue weighted by molar-refractivity contribution is 5.36. The Labute approximate surface area is 153 Å². The normalized spacial score (nSPS) is 34.7. The summed E-state index contributed by atoms with van der Waals surface area (Å²) < 4.78 is 0. The maximum Gasteiger partial charge on any atom is -0.00334 e. The smallest absolute Gasteiger partial charge is 0.00334 e. The van der Waals surface area contributed by atoms with Gasteiger partial charge in [-0.2, -0.15) is 0 Å². The predicted octanol–water partition coefficient (Wildman–Crippen LogP) is 6.73. The third-order valence-corrected chi connectivity index (χ3v) is 7.03. The molecule has 4 atom stereocenters. The summed E-state index contributed by atoms with van der Waals surface area (Å²) in [5.41, 5.74) is 6.56. The molecule has 2 bridgehead atoms. The summed E-state index contributed by atoms with van der Waals surface area (Å²) >= 11 is 0. The van der Waals surface area contributed by atoms with Crippen molar-refractivity contribution in [1.82, 2.24) is 0 Å². The molecule has 132 valence electrons. The number of aryl methyl sites for hydroxylation is 2. The third kappa shape index (κ3) is 3.05. The van der Waals surface area contributed by atoms with Crippen LogP contribution < -0.4 is 0 Å². The molecule has 0 aliphatic heterocycles. The maximum atomic E-state index is 2.53. The quantitative estimate of drug-likeness (QED) is 0.572. The van der Waals surface area contributed by atoms with E-state index in [2.05, 4.69) is 76.2 Å². The summed E-state index contributed by atoms with van der Waals surface area (Å²) in [6.45, 7) is 9.40. The zero-order valence-corrected chi connectivity index (χ0v) is 16.3. The van der Waals surface area contributed by atoms with Crippen molar-refractivity contribution in [1.29, 1.82) is 0 Å². The molecule has 2 aliphatic carbocycles. The minimum atomic E-state index is 0.307. The highest BCUT2D eigenvalue weighted by Gasteiger charge is 2.50. The van der Waals surface area contributed by atoms with E-state index < -0.39 is 0 Å². The average molecular weight is 333 g/mol. The summed E-state index contributed by atoms with van der Waals surface area (Å²) in [6.07, 6.45) is 6.81. The van der Waals surface area contributed by atoms with Crippen molar-refractivity contribution in [3.63, 3.8) is 0 Å². The van der Waals surface area contributed by atoms with Gasteiger partial charge in [0.2, 0.25) is 0 Å². The lowest BCUT2D eigenvalue weighted by Gasteiger charge is -2.55. The van der Waals surface area contributed by atoms with E-state index in [1.165, 1.54) is 43.2 Å². The molecule has 0 heterocycles. The van der Waals surface area contributed by atoms with Gasteiger partial charge in [0.1, 0.15) is 0 Å². The Kier molecular flexibility index (Phi) is 4.06. The minimum absolute atomic E-state index is 0.307. The molecule has 0 aromatic heterocycles. The molecule has 2 saturated carbocycles. The fourth-order valence-corrected chi connectivity index (χ4v) is 6.22. The van der Waals surface area contributed by atoms with Crippen molar-refractivity contribution < 1.29 is 0 Å². The van der Waals surface area contributed by atoms with Crippen molar-refractivity contribution in [2.75, 3.05) is 0 Å². The van der Waals surface area contributed by atoms with Gasteiger partial charge in [0.25, 0.3) is 0 Å². The fourth-order valence-electron chi connectivity index (χ4n) is 6.22. The van der Waals surface area contributed by atoms with E-state index in [9.17, 15) is 0 Å². The van der Waals surface area contributed by atoms with Crippen molar-refractivity contribution in [2.45, 2.75) is 70.6 Å². The second-order valence-corrected chi connectivity index (χ2v) is 9.57. The van der Waals surface area contributed by atoms with Crippen molar-refractivity contribution in [2.24, 2.45) is 11.8 Å². The van der Waals surface area contributed by atoms with Crippen molar-refractivity contribution >= 4 is 0 Å². The van der Waals surface area contributed by atoms with Gasteiger partial charge >= 0.3 is 0 Å². The average Bonchev–Trinajstić information content (AvgIpc) is 2.54. The molecule has 25 heavy (non-hydrogen) atoms. The molecular formula is C25H32. The number of hydrogen-bond acceptors (Lipinski definition) is 0. The van der Waals surface area contributed by atoms with Crippen LogP contribution >= 0.6 is 0 Å². The largest absolute Gasteiger partial charge is 0.0625 e. The van der Waals surface area contributed by atoms with Crippen LogP contribution in [0.1, 0.15) is 68.2 Å². The van der Waals surface area contributed by atoms with Crippen LogP contribution in [0.4, 0.5) is 0 Å². The van der Waals surface area contributed by atoms with Gasteiger partial charge in [0.05, 0.1) is 0 Å². The first-order valence-corrected chi connectivity index (χ1v) is 10.0. The molecule has 0 heteroatoms. The monoisotopic (exact) mass is 332 g/mol. The Balaban J connectivity index is 1.76. The first kappa shape index (κ1) is 16.9. The van der Waals surface area contributed by atoms with Crippen LogP contribution in [-0.4, -0.2) is 0 Å². The van der Waals surface area contributed by atoms with Gasteiger partial charge in [-0.15, -0.1) is 0 Å². The van der Waals surface area contributed by atoms with Gasteiger partial charge in [-0.05, 0) is 79.7 Å². The highest BCUT2D eigenvalue weighted by Crippen LogP contribution is 2.58. The molecule has 0 amide bonds. The summed E-state index contributed by atoms with van der Waals surface area (Å²) in [7, 11) is 0. The lowest BCUT2D eigenvalue weighted by Crippen LogP contribution is -2.48. The fraction of sp³-hybridized carbons (Fsp3) is 0.520. The van der Waals surface area contributed by atoms with Crippen molar-refractivity contribution in [3.05, 3.63) is 70.8 Å². The minimum Gasteiger partial charge on any atom is -0.0625 e. The Morgan fingerprint density at radius 1 is 0.760 bits per heavy atom. The van der Waals surface area contributed by atoms with Gasteiger partial charge in [0.15, 0.2) is 0 Å². The Morgan fingerprint density at radius 2 is 1.32 bits per heavy atom. The van der Waals surface area contributed by atoms with E-state index in [1.54, 1.807) is 11.1 Å². The summed E-state index contributed by atoms with van der Waals surface area (Å²) in [5.74, 6) is 1.72. The molecule has 2 aliphatic rings. The third-order valence-electron chi connectivity index (χ3n) is 7.03. The van der Waals surface area contributed by atoms with Gasteiger partial charge in [-0.1, -0.05) is 73.5 Å². The lowest BCUT2D eigenvalue weighted by atomic mass is 9.49. The van der Waals surface area contributed by atoms with Gasteiger partial charge in [-0.3, -0.25) is 0 Å². The Morgan fingerprint density at radius 3 is 1.92 bits per heavy atom. The SMILES string of the molecule is Cc1ccc(C2(C)CC3CC(C)CC(c4ccc(C)cc4)(C3)C2)cc1. The molecule has 0 nitrogen and oxygen atoms in total. The predicted molar refractivity (Wildman–Crippen MR) is 107 cm³/mol. The molecule has 0 spiro atoms. The van der Waals surface area contributed by atoms with E-state index >= 15 is 0 Å². The van der Waals surface area contributed by atoms with Crippen LogP contribution in [0.2, 0.25) is 0 Å². The number of hydrogen-bond donors (Lipinski definition) is 0. The molecule has 0 N–H and O–H groups in total. The summed E-state index contributed by atoms with van der Waals surface area (Å²) in [6, 6.07) is 18.9. The van der Waals surface area contributed by atoms with E-state index in [0.717, 1.165) is 11.8 Å². The second-order valence-electron chi connectivity index (χ2n) is 9.57. The molecular weight excluding hydrogens is 300 g/mol. The summed E-state index contributed by atoms with van der Waals surface area (Å²) in [4.78, 5) is 0. The van der Waals surface area contributed by atoms with Gasteiger partial charge < -0.3 is 0 Å². The van der Waals surface area contributed by atoms with Crippen LogP contribution in [-0.2, 0) is 10.8 Å². The van der Waals surface area contributed by atoms with Crippen LogP contribution in [0.25, 0.3) is 0 Å². The van der Waals surface area contributed by atoms with Gasteiger partial charge in [-0.25, -0.2) is 0 Å². The zero-order valence-electron chi connectivity index (χ0n) is 16.3. The molecule has 2 fully saturated rings. The number of rotatable bonds is 2. The number of benzene rings is 2. The Bertz CT molecular complexity index is 733. The summed E-state index contributed by atoms with van der Waals surface area (Å²) in [5, 5.41) is 0. The van der Waals surface area contributed by atoms with Crippen molar-refractivity contribution in [3.8, 4) is 0 Å². The van der Waals surface area contributed by atoms with Crippen LogP contribution in [0.3, 0.4) is 0 Å². The highest BCUT2D eigenvalue weighted by atomic mass is 14.5. The standard InChI is InChI=1S/C25H32/c1-18-5-9-22(10-6-18)24(4)15-21-13-20(3)14-25(16-21,17-24)23-11-7-19(2)8-12-23/h5-12,20-21H,13-17H2,1-4H3. The maximum absolute atomic E-state index is 2.53. The van der Waals surface area contributed by atoms with E-state index in [1.807, 2.05) is 0 Å². The van der Waals surface area contributed by atoms with Crippen LogP contribution in [0.5, 0.6) is 0 Å². The Hall–Kier alpha value is -1.56. The molecule has 0 radical (unpaired) electrons. The van der Waals surface area contributed by atoms with E-state index in [-0.39, 0.29) is 0 Å². The second kappa shape index (κ2) is 6.01. The molecule has 4 unspecified atom stereocenters. The van der Waals surface area contributed by atoms with Crippen LogP contribution in [0, 0.1) is 25.7 Å². The molecule has 2 aromatic rings. The zero-order chi connectivity index (χ0) is 17.7. The first-order valence-electron chi connectivity index (χ1n) is 10.0. The van der Waals surface area contributed by atoms with Crippen LogP contribution in [0.15, 0.2) is 48.5 Å².